The number of rotatable bonds is 8. The van der Waals surface area contributed by atoms with Gasteiger partial charge in [0.25, 0.3) is 0 Å². The van der Waals surface area contributed by atoms with Gasteiger partial charge in [0.2, 0.25) is 0 Å². The molecule has 0 aliphatic carbocycles. The minimum Gasteiger partial charge on any atom is -0.491 e. The summed E-state index contributed by atoms with van der Waals surface area (Å²) in [7, 11) is 1.65. The van der Waals surface area contributed by atoms with E-state index in [0.29, 0.717) is 25.5 Å². The van der Waals surface area contributed by atoms with E-state index >= 15 is 0 Å². The van der Waals surface area contributed by atoms with Gasteiger partial charge in [-0.1, -0.05) is 18.2 Å². The van der Waals surface area contributed by atoms with Crippen LogP contribution in [0.15, 0.2) is 54.6 Å². The normalized spacial score (nSPS) is 10.6. The molecule has 0 fully saturated rings. The lowest BCUT2D eigenvalue weighted by molar-refractivity contribution is 0.146. The Morgan fingerprint density at radius 2 is 1.76 bits per heavy atom. The summed E-state index contributed by atoms with van der Waals surface area (Å²) in [5.74, 6) is 1.51. The van der Waals surface area contributed by atoms with Gasteiger partial charge in [0.05, 0.1) is 18.0 Å². The van der Waals surface area contributed by atoms with Crippen molar-refractivity contribution in [3.05, 3.63) is 60.3 Å². The zero-order valence-corrected chi connectivity index (χ0v) is 14.1. The second-order valence-corrected chi connectivity index (χ2v) is 5.51. The summed E-state index contributed by atoms with van der Waals surface area (Å²) in [6.07, 6.45) is 0. The summed E-state index contributed by atoms with van der Waals surface area (Å²) >= 11 is 0. The lowest BCUT2D eigenvalue weighted by atomic mass is 10.1. The Morgan fingerprint density at radius 1 is 0.960 bits per heavy atom. The Morgan fingerprint density at radius 3 is 2.56 bits per heavy atom. The van der Waals surface area contributed by atoms with Crippen LogP contribution in [0.1, 0.15) is 5.69 Å². The van der Waals surface area contributed by atoms with E-state index in [1.165, 1.54) is 0 Å². The van der Waals surface area contributed by atoms with E-state index in [-0.39, 0.29) is 0 Å². The van der Waals surface area contributed by atoms with Crippen molar-refractivity contribution in [1.82, 2.24) is 10.2 Å². The number of hydrogen-bond donors (Lipinski definition) is 2. The minimum absolute atomic E-state index is 0.389. The molecule has 0 amide bonds. The van der Waals surface area contributed by atoms with Crippen LogP contribution in [0.4, 0.5) is 5.69 Å². The van der Waals surface area contributed by atoms with Crippen molar-refractivity contribution in [3.63, 3.8) is 0 Å². The molecular formula is C19H21N3O3. The van der Waals surface area contributed by atoms with Gasteiger partial charge in [0.15, 0.2) is 0 Å². The fraction of sp³-hybridized carbons (Fsp3) is 0.211. The van der Waals surface area contributed by atoms with Crippen molar-refractivity contribution in [2.45, 2.75) is 6.61 Å². The molecule has 1 aromatic heterocycles. The first-order chi connectivity index (χ1) is 12.2. The lowest BCUT2D eigenvalue weighted by Gasteiger charge is -2.06. The van der Waals surface area contributed by atoms with Gasteiger partial charge in [-0.05, 0) is 30.3 Å². The fourth-order valence-corrected chi connectivity index (χ4v) is 2.34. The van der Waals surface area contributed by atoms with Gasteiger partial charge in [-0.15, -0.1) is 0 Å². The molecule has 3 N–H and O–H groups in total. The number of benzene rings is 2. The molecule has 1 heterocycles. The maximum absolute atomic E-state index is 5.75. The molecule has 0 radical (unpaired) electrons. The molecule has 0 atom stereocenters. The molecule has 6 nitrogen and oxygen atoms in total. The van der Waals surface area contributed by atoms with E-state index in [4.69, 9.17) is 19.9 Å². The van der Waals surface area contributed by atoms with Gasteiger partial charge >= 0.3 is 0 Å². The van der Waals surface area contributed by atoms with Crippen molar-refractivity contribution in [1.29, 1.82) is 0 Å². The first kappa shape index (κ1) is 16.9. The molecule has 0 saturated heterocycles. The van der Waals surface area contributed by atoms with Crippen LogP contribution in [0.25, 0.3) is 11.3 Å². The van der Waals surface area contributed by atoms with Crippen molar-refractivity contribution < 1.29 is 14.2 Å². The average Bonchev–Trinajstić information content (AvgIpc) is 3.10. The molecule has 25 heavy (non-hydrogen) atoms. The van der Waals surface area contributed by atoms with Gasteiger partial charge in [-0.2, -0.15) is 5.10 Å². The van der Waals surface area contributed by atoms with Crippen LogP contribution < -0.4 is 15.2 Å². The van der Waals surface area contributed by atoms with Gasteiger partial charge in [-0.25, -0.2) is 0 Å². The second kappa shape index (κ2) is 8.21. The molecule has 3 aromatic rings. The summed E-state index contributed by atoms with van der Waals surface area (Å²) in [5.41, 5.74) is 9.11. The third kappa shape index (κ3) is 4.74. The van der Waals surface area contributed by atoms with Crippen LogP contribution in [0.3, 0.4) is 0 Å². The molecule has 6 heteroatoms. The maximum Gasteiger partial charge on any atom is 0.130 e. The number of anilines is 1. The summed E-state index contributed by atoms with van der Waals surface area (Å²) < 4.78 is 16.3. The first-order valence-corrected chi connectivity index (χ1v) is 7.99. The monoisotopic (exact) mass is 339 g/mol. The smallest absolute Gasteiger partial charge is 0.130 e. The van der Waals surface area contributed by atoms with Crippen molar-refractivity contribution in [2.24, 2.45) is 0 Å². The summed E-state index contributed by atoms with van der Waals surface area (Å²) in [6.45, 7) is 1.46. The maximum atomic E-state index is 5.75. The molecule has 0 bridgehead atoms. The third-order valence-corrected chi connectivity index (χ3v) is 3.57. The molecule has 130 valence electrons. The predicted molar refractivity (Wildman–Crippen MR) is 96.6 cm³/mol. The van der Waals surface area contributed by atoms with Gasteiger partial charge in [0, 0.05) is 24.4 Å². The first-order valence-electron chi connectivity index (χ1n) is 7.99. The van der Waals surface area contributed by atoms with Gasteiger partial charge in [-0.3, -0.25) is 5.10 Å². The quantitative estimate of drug-likeness (QED) is 0.486. The number of methoxy groups -OCH3 is 1. The molecule has 0 aliphatic heterocycles. The van der Waals surface area contributed by atoms with Crippen LogP contribution in [0, 0.1) is 0 Å². The molecule has 0 unspecified atom stereocenters. The number of nitrogens with one attached hydrogen (secondary N) is 1. The van der Waals surface area contributed by atoms with E-state index in [1.807, 2.05) is 48.5 Å². The fourth-order valence-electron chi connectivity index (χ4n) is 2.34. The highest BCUT2D eigenvalue weighted by Gasteiger charge is 2.06. The molecule has 3 rings (SSSR count). The van der Waals surface area contributed by atoms with Crippen LogP contribution >= 0.6 is 0 Å². The lowest BCUT2D eigenvalue weighted by Crippen LogP contribution is -2.04. The number of ether oxygens (including phenoxy) is 3. The van der Waals surface area contributed by atoms with Crippen molar-refractivity contribution in [2.75, 3.05) is 26.1 Å². The number of nitrogens with zero attached hydrogens (tertiary/aromatic N) is 1. The Bertz CT molecular complexity index is 817. The molecule has 0 aliphatic rings. The molecule has 0 spiro atoms. The highest BCUT2D eigenvalue weighted by atomic mass is 16.5. The third-order valence-electron chi connectivity index (χ3n) is 3.57. The van der Waals surface area contributed by atoms with Crippen LogP contribution in [-0.4, -0.2) is 30.5 Å². The summed E-state index contributed by atoms with van der Waals surface area (Å²) in [6, 6.07) is 17.1. The Labute approximate surface area is 146 Å². The van der Waals surface area contributed by atoms with E-state index in [9.17, 15) is 0 Å². The average molecular weight is 339 g/mol. The summed E-state index contributed by atoms with van der Waals surface area (Å²) in [5, 5.41) is 7.34. The zero-order valence-electron chi connectivity index (χ0n) is 14.1. The molecule has 0 saturated carbocycles. The number of hydrogen-bond acceptors (Lipinski definition) is 5. The summed E-state index contributed by atoms with van der Waals surface area (Å²) in [4.78, 5) is 0. The SMILES string of the molecule is COCCOc1cccc(-c2cc(COc3cccc(N)c3)[nH]n2)c1. The van der Waals surface area contributed by atoms with Crippen molar-refractivity contribution >= 4 is 5.69 Å². The van der Waals surface area contributed by atoms with E-state index < -0.39 is 0 Å². The highest BCUT2D eigenvalue weighted by Crippen LogP contribution is 2.23. The standard InChI is InChI=1S/C19H21N3O3/c1-23-8-9-24-17-6-2-4-14(10-17)19-12-16(21-22-19)13-25-18-7-3-5-15(20)11-18/h2-7,10-12H,8-9,13,20H2,1H3,(H,21,22). The number of aromatic amines is 1. The predicted octanol–water partition coefficient (Wildman–Crippen LogP) is 3.26. The van der Waals surface area contributed by atoms with Gasteiger partial charge < -0.3 is 19.9 Å². The number of H-pyrrole nitrogens is 1. The number of nitrogen functional groups attached to an aromatic ring is 1. The number of aromatic nitrogens is 2. The Kier molecular flexibility index (Phi) is 5.53. The Balaban J connectivity index is 1.63. The Hall–Kier alpha value is -2.99. The minimum atomic E-state index is 0.389. The van der Waals surface area contributed by atoms with E-state index in [2.05, 4.69) is 10.2 Å². The largest absolute Gasteiger partial charge is 0.491 e. The van der Waals surface area contributed by atoms with E-state index in [0.717, 1.165) is 28.5 Å². The van der Waals surface area contributed by atoms with E-state index in [1.54, 1.807) is 13.2 Å². The molecule has 2 aromatic carbocycles. The van der Waals surface area contributed by atoms with Crippen LogP contribution in [-0.2, 0) is 11.3 Å². The second-order valence-electron chi connectivity index (χ2n) is 5.51. The molecular weight excluding hydrogens is 318 g/mol. The van der Waals surface area contributed by atoms with Crippen molar-refractivity contribution in [3.8, 4) is 22.8 Å². The number of nitrogens with two attached hydrogens (primary N) is 1. The van der Waals surface area contributed by atoms with Crippen LogP contribution in [0.2, 0.25) is 0 Å². The topological polar surface area (TPSA) is 82.4 Å². The zero-order chi connectivity index (χ0) is 17.5. The highest BCUT2D eigenvalue weighted by molar-refractivity contribution is 5.61. The van der Waals surface area contributed by atoms with Crippen LogP contribution in [0.5, 0.6) is 11.5 Å². The van der Waals surface area contributed by atoms with Gasteiger partial charge in [0.1, 0.15) is 24.7 Å².